The average molecular weight is 202 g/mol. The Morgan fingerprint density at radius 2 is 1.79 bits per heavy atom. The van der Waals surface area contributed by atoms with Gasteiger partial charge in [-0.25, -0.2) is 0 Å². The first-order valence-electron chi connectivity index (χ1n) is 5.34. The van der Waals surface area contributed by atoms with Gasteiger partial charge in [0.1, 0.15) is 0 Å². The Labute approximate surface area is 86.1 Å². The number of nitrogens with one attached hydrogen (secondary N) is 2. The zero-order valence-corrected chi connectivity index (χ0v) is 9.01. The Hall–Kier alpha value is -0.610. The summed E-state index contributed by atoms with van der Waals surface area (Å²) < 4.78 is 0. The van der Waals surface area contributed by atoms with Crippen molar-refractivity contribution in [1.82, 2.24) is 10.6 Å². The van der Waals surface area contributed by atoms with Gasteiger partial charge >= 0.3 is 5.97 Å². The fourth-order valence-electron chi connectivity index (χ4n) is 1.22. The van der Waals surface area contributed by atoms with Gasteiger partial charge in [-0.05, 0) is 45.9 Å². The van der Waals surface area contributed by atoms with E-state index in [1.54, 1.807) is 0 Å². The number of carboxylic acids is 1. The van der Waals surface area contributed by atoms with E-state index in [1.165, 1.54) is 0 Å². The molecule has 0 aromatic carbocycles. The van der Waals surface area contributed by atoms with E-state index >= 15 is 0 Å². The van der Waals surface area contributed by atoms with Crippen LogP contribution in [0, 0.1) is 0 Å². The predicted molar refractivity (Wildman–Crippen MR) is 57.5 cm³/mol. The van der Waals surface area contributed by atoms with Crippen molar-refractivity contribution >= 4 is 5.97 Å². The van der Waals surface area contributed by atoms with Crippen molar-refractivity contribution in [2.75, 3.05) is 26.7 Å². The third kappa shape index (κ3) is 11.4. The van der Waals surface area contributed by atoms with Crippen LogP contribution in [0.15, 0.2) is 0 Å². The van der Waals surface area contributed by atoms with E-state index in [0.29, 0.717) is 6.42 Å². The van der Waals surface area contributed by atoms with Gasteiger partial charge < -0.3 is 15.7 Å². The molecule has 84 valence electrons. The highest BCUT2D eigenvalue weighted by molar-refractivity contribution is 5.66. The van der Waals surface area contributed by atoms with Crippen molar-refractivity contribution in [2.45, 2.75) is 32.1 Å². The Bertz CT molecular complexity index is 140. The van der Waals surface area contributed by atoms with Crippen LogP contribution in [0.25, 0.3) is 0 Å². The lowest BCUT2D eigenvalue weighted by atomic mass is 10.2. The summed E-state index contributed by atoms with van der Waals surface area (Å²) in [5.41, 5.74) is 0. The number of carboxylic acid groups (broad SMARTS) is 1. The van der Waals surface area contributed by atoms with Gasteiger partial charge in [0.25, 0.3) is 0 Å². The molecule has 0 bridgehead atoms. The molecule has 0 unspecified atom stereocenters. The van der Waals surface area contributed by atoms with Crippen molar-refractivity contribution in [1.29, 1.82) is 0 Å². The minimum atomic E-state index is -0.688. The van der Waals surface area contributed by atoms with E-state index in [1.807, 2.05) is 7.05 Å². The van der Waals surface area contributed by atoms with Gasteiger partial charge in [0, 0.05) is 6.42 Å². The van der Waals surface area contributed by atoms with Crippen LogP contribution in [0.3, 0.4) is 0 Å². The zero-order valence-electron chi connectivity index (χ0n) is 9.01. The number of hydrogen-bond donors (Lipinski definition) is 3. The number of rotatable bonds is 10. The molecule has 4 nitrogen and oxygen atoms in total. The molecule has 0 aliphatic heterocycles. The molecule has 0 amide bonds. The zero-order chi connectivity index (χ0) is 10.6. The van der Waals surface area contributed by atoms with Crippen molar-refractivity contribution in [3.05, 3.63) is 0 Å². The summed E-state index contributed by atoms with van der Waals surface area (Å²) >= 11 is 0. The van der Waals surface area contributed by atoms with Crippen LogP contribution in [-0.2, 0) is 4.79 Å². The number of unbranched alkanes of at least 4 members (excludes halogenated alkanes) is 2. The minimum Gasteiger partial charge on any atom is -0.481 e. The number of hydrogen-bond acceptors (Lipinski definition) is 3. The van der Waals surface area contributed by atoms with Crippen molar-refractivity contribution in [2.24, 2.45) is 0 Å². The maximum absolute atomic E-state index is 10.2. The first-order valence-corrected chi connectivity index (χ1v) is 5.34. The summed E-state index contributed by atoms with van der Waals surface area (Å²) in [4.78, 5) is 10.2. The maximum atomic E-state index is 10.2. The molecule has 0 saturated carbocycles. The van der Waals surface area contributed by atoms with Gasteiger partial charge in [-0.3, -0.25) is 4.79 Å². The highest BCUT2D eigenvalue weighted by Crippen LogP contribution is 1.98. The molecule has 0 aliphatic rings. The summed E-state index contributed by atoms with van der Waals surface area (Å²) in [5, 5.41) is 14.8. The highest BCUT2D eigenvalue weighted by atomic mass is 16.4. The van der Waals surface area contributed by atoms with Gasteiger partial charge in [0.15, 0.2) is 0 Å². The first-order chi connectivity index (χ1) is 6.77. The second-order valence-corrected chi connectivity index (χ2v) is 3.41. The van der Waals surface area contributed by atoms with Crippen LogP contribution in [-0.4, -0.2) is 37.8 Å². The molecule has 14 heavy (non-hydrogen) atoms. The molecule has 0 spiro atoms. The topological polar surface area (TPSA) is 61.4 Å². The van der Waals surface area contributed by atoms with Crippen molar-refractivity contribution in [3.63, 3.8) is 0 Å². The Balaban J connectivity index is 2.88. The summed E-state index contributed by atoms with van der Waals surface area (Å²) in [6.45, 7) is 3.09. The first kappa shape index (κ1) is 13.4. The van der Waals surface area contributed by atoms with Crippen LogP contribution in [0.2, 0.25) is 0 Å². The van der Waals surface area contributed by atoms with Gasteiger partial charge in [-0.1, -0.05) is 6.42 Å². The Morgan fingerprint density at radius 3 is 2.43 bits per heavy atom. The third-order valence-corrected chi connectivity index (χ3v) is 2.02. The van der Waals surface area contributed by atoms with Crippen molar-refractivity contribution in [3.8, 4) is 0 Å². The largest absolute Gasteiger partial charge is 0.481 e. The van der Waals surface area contributed by atoms with E-state index in [9.17, 15) is 4.79 Å². The molecule has 0 fully saturated rings. The monoisotopic (exact) mass is 202 g/mol. The summed E-state index contributed by atoms with van der Waals surface area (Å²) in [7, 11) is 1.95. The number of carbonyl (C=O) groups is 1. The molecule has 0 radical (unpaired) electrons. The SMILES string of the molecule is CNCCCNCCCCCC(=O)O. The second-order valence-electron chi connectivity index (χ2n) is 3.41. The molecule has 0 aromatic rings. The number of aliphatic carboxylic acids is 1. The van der Waals surface area contributed by atoms with Gasteiger partial charge in [0.2, 0.25) is 0 Å². The molecular weight excluding hydrogens is 180 g/mol. The van der Waals surface area contributed by atoms with Crippen molar-refractivity contribution < 1.29 is 9.90 Å². The smallest absolute Gasteiger partial charge is 0.303 e. The van der Waals surface area contributed by atoms with Crippen LogP contribution >= 0.6 is 0 Å². The standard InChI is InChI=1S/C10H22N2O2/c1-11-7-5-9-12-8-4-2-3-6-10(13)14/h11-12H,2-9H2,1H3,(H,13,14). The maximum Gasteiger partial charge on any atom is 0.303 e. The van der Waals surface area contributed by atoms with Gasteiger partial charge in [-0.2, -0.15) is 0 Å². The summed E-state index contributed by atoms with van der Waals surface area (Å²) in [5.74, 6) is -0.688. The van der Waals surface area contributed by atoms with Crippen LogP contribution < -0.4 is 10.6 Å². The molecule has 0 saturated heterocycles. The molecule has 0 atom stereocenters. The molecule has 0 rings (SSSR count). The lowest BCUT2D eigenvalue weighted by Crippen LogP contribution is -2.20. The van der Waals surface area contributed by atoms with E-state index in [0.717, 1.165) is 45.3 Å². The minimum absolute atomic E-state index is 0.305. The molecular formula is C10H22N2O2. The molecule has 3 N–H and O–H groups in total. The fourth-order valence-corrected chi connectivity index (χ4v) is 1.22. The Kier molecular flexibility index (Phi) is 10.0. The molecule has 0 aliphatic carbocycles. The van der Waals surface area contributed by atoms with Gasteiger partial charge in [-0.15, -0.1) is 0 Å². The highest BCUT2D eigenvalue weighted by Gasteiger charge is 1.95. The quantitative estimate of drug-likeness (QED) is 0.459. The molecule has 0 aromatic heterocycles. The van der Waals surface area contributed by atoms with E-state index < -0.39 is 5.97 Å². The lowest BCUT2D eigenvalue weighted by Gasteiger charge is -2.03. The molecule has 0 heterocycles. The van der Waals surface area contributed by atoms with Crippen LogP contribution in [0.4, 0.5) is 0 Å². The lowest BCUT2D eigenvalue weighted by molar-refractivity contribution is -0.137. The van der Waals surface area contributed by atoms with Gasteiger partial charge in [0.05, 0.1) is 0 Å². The van der Waals surface area contributed by atoms with E-state index in [-0.39, 0.29) is 0 Å². The Morgan fingerprint density at radius 1 is 1.07 bits per heavy atom. The van der Waals surface area contributed by atoms with Crippen LogP contribution in [0.1, 0.15) is 32.1 Å². The summed E-state index contributed by atoms with van der Waals surface area (Å²) in [6.07, 6.45) is 4.33. The van der Waals surface area contributed by atoms with E-state index in [4.69, 9.17) is 5.11 Å². The normalized spacial score (nSPS) is 10.4. The fraction of sp³-hybridized carbons (Fsp3) is 0.900. The second kappa shape index (κ2) is 10.5. The van der Waals surface area contributed by atoms with Crippen LogP contribution in [0.5, 0.6) is 0 Å². The van der Waals surface area contributed by atoms with E-state index in [2.05, 4.69) is 10.6 Å². The molecule has 4 heteroatoms. The summed E-state index contributed by atoms with van der Waals surface area (Å²) in [6, 6.07) is 0. The predicted octanol–water partition coefficient (Wildman–Crippen LogP) is 0.830. The average Bonchev–Trinajstić information content (AvgIpc) is 2.15. The third-order valence-electron chi connectivity index (χ3n) is 2.02.